The Labute approximate surface area is 98.4 Å². The van der Waals surface area contributed by atoms with E-state index in [4.69, 9.17) is 0 Å². The smallest absolute Gasteiger partial charge is 0.215 e. The number of rotatable bonds is 1. The lowest BCUT2D eigenvalue weighted by atomic mass is 9.95. The molecule has 0 spiro atoms. The third-order valence-electron chi connectivity index (χ3n) is 3.61. The van der Waals surface area contributed by atoms with Crippen LogP contribution in [0, 0.1) is 0 Å². The van der Waals surface area contributed by atoms with E-state index < -0.39 is 10.0 Å². The zero-order chi connectivity index (χ0) is 11.4. The number of hydrogen-bond donors (Lipinski definition) is 1. The molecule has 0 amide bonds. The molecule has 0 aromatic rings. The van der Waals surface area contributed by atoms with Gasteiger partial charge in [-0.1, -0.05) is 19.3 Å². The van der Waals surface area contributed by atoms with Crippen LogP contribution < -0.4 is 5.32 Å². The molecule has 2 fully saturated rings. The quantitative estimate of drug-likeness (QED) is 0.749. The van der Waals surface area contributed by atoms with Crippen molar-refractivity contribution in [1.29, 1.82) is 0 Å². The largest absolute Gasteiger partial charge is 0.316 e. The van der Waals surface area contributed by atoms with Crippen molar-refractivity contribution in [2.24, 2.45) is 0 Å². The maximum atomic E-state index is 12.1. The fourth-order valence-electron chi connectivity index (χ4n) is 2.72. The van der Waals surface area contributed by atoms with Crippen molar-refractivity contribution in [1.82, 2.24) is 9.62 Å². The van der Waals surface area contributed by atoms with E-state index in [0.29, 0.717) is 13.1 Å². The van der Waals surface area contributed by atoms with Gasteiger partial charge in [0.25, 0.3) is 0 Å². The maximum Gasteiger partial charge on any atom is 0.215 e. The first-order valence-corrected chi connectivity index (χ1v) is 8.01. The highest BCUT2D eigenvalue weighted by Crippen LogP contribution is 2.25. The van der Waals surface area contributed by atoms with Gasteiger partial charge in [0.1, 0.15) is 0 Å². The minimum atomic E-state index is -3.01. The Morgan fingerprint density at radius 1 is 1.00 bits per heavy atom. The van der Waals surface area contributed by atoms with Gasteiger partial charge in [-0.3, -0.25) is 0 Å². The molecule has 1 saturated carbocycles. The summed E-state index contributed by atoms with van der Waals surface area (Å²) in [6.45, 7) is 2.25. The molecular weight excluding hydrogens is 224 g/mol. The lowest BCUT2D eigenvalue weighted by molar-refractivity contribution is 0.248. The third-order valence-corrected chi connectivity index (χ3v) is 5.52. The third kappa shape index (κ3) is 2.96. The van der Waals surface area contributed by atoms with Crippen molar-refractivity contribution in [3.05, 3.63) is 0 Å². The summed E-state index contributed by atoms with van der Waals surface area (Å²) in [7, 11) is -3.01. The molecule has 1 aliphatic heterocycles. The minimum absolute atomic E-state index is 0.267. The average Bonchev–Trinajstić information content (AvgIpc) is 2.26. The fourth-order valence-corrected chi connectivity index (χ4v) is 4.43. The summed E-state index contributed by atoms with van der Waals surface area (Å²) in [5.41, 5.74) is 0. The standard InChI is InChI=1S/C11H22N2O2S/c14-16(15)10-8-12-7-4-9-13(16)11-5-2-1-3-6-11/h11-12H,1-10H2. The molecule has 0 aromatic carbocycles. The Morgan fingerprint density at radius 3 is 2.50 bits per heavy atom. The van der Waals surface area contributed by atoms with Crippen LogP contribution in [-0.4, -0.2) is 44.2 Å². The van der Waals surface area contributed by atoms with Crippen LogP contribution in [0.2, 0.25) is 0 Å². The molecule has 0 atom stereocenters. The number of nitrogens with zero attached hydrogens (tertiary/aromatic N) is 1. The molecule has 1 N–H and O–H groups in total. The maximum absolute atomic E-state index is 12.1. The van der Waals surface area contributed by atoms with Gasteiger partial charge >= 0.3 is 0 Å². The highest BCUT2D eigenvalue weighted by atomic mass is 32.2. The lowest BCUT2D eigenvalue weighted by Crippen LogP contribution is -2.47. The molecule has 2 aliphatic rings. The van der Waals surface area contributed by atoms with Crippen LogP contribution in [0.5, 0.6) is 0 Å². The van der Waals surface area contributed by atoms with Crippen molar-refractivity contribution >= 4 is 10.0 Å². The molecule has 1 saturated heterocycles. The first kappa shape index (κ1) is 12.3. The molecule has 4 nitrogen and oxygen atoms in total. The van der Waals surface area contributed by atoms with E-state index in [9.17, 15) is 8.42 Å². The summed E-state index contributed by atoms with van der Waals surface area (Å²) in [6, 6.07) is 0.289. The van der Waals surface area contributed by atoms with Gasteiger partial charge in [-0.15, -0.1) is 0 Å². The van der Waals surface area contributed by atoms with Gasteiger partial charge in [-0.05, 0) is 25.8 Å². The summed E-state index contributed by atoms with van der Waals surface area (Å²) >= 11 is 0. The van der Waals surface area contributed by atoms with E-state index in [-0.39, 0.29) is 11.8 Å². The summed E-state index contributed by atoms with van der Waals surface area (Å²) in [4.78, 5) is 0. The Bertz CT molecular complexity index is 310. The summed E-state index contributed by atoms with van der Waals surface area (Å²) < 4.78 is 26.1. The topological polar surface area (TPSA) is 49.4 Å². The Balaban J connectivity index is 2.07. The van der Waals surface area contributed by atoms with E-state index in [1.54, 1.807) is 4.31 Å². The van der Waals surface area contributed by atoms with E-state index in [0.717, 1.165) is 25.8 Å². The Kier molecular flexibility index (Phi) is 4.21. The summed E-state index contributed by atoms with van der Waals surface area (Å²) in [5.74, 6) is 0.267. The highest BCUT2D eigenvalue weighted by molar-refractivity contribution is 7.89. The van der Waals surface area contributed by atoms with Crippen LogP contribution >= 0.6 is 0 Å². The van der Waals surface area contributed by atoms with Crippen molar-refractivity contribution in [2.45, 2.75) is 44.6 Å². The van der Waals surface area contributed by atoms with Gasteiger partial charge in [-0.2, -0.15) is 4.31 Å². The Morgan fingerprint density at radius 2 is 1.75 bits per heavy atom. The fraction of sp³-hybridized carbons (Fsp3) is 1.00. The molecule has 94 valence electrons. The SMILES string of the molecule is O=S1(=O)CCNCCCN1C1CCCCC1. The van der Waals surface area contributed by atoms with Crippen molar-refractivity contribution in [2.75, 3.05) is 25.4 Å². The zero-order valence-corrected chi connectivity index (χ0v) is 10.6. The van der Waals surface area contributed by atoms with Crippen molar-refractivity contribution < 1.29 is 8.42 Å². The monoisotopic (exact) mass is 246 g/mol. The lowest BCUT2D eigenvalue weighted by Gasteiger charge is -2.34. The zero-order valence-electron chi connectivity index (χ0n) is 9.82. The van der Waals surface area contributed by atoms with Gasteiger partial charge < -0.3 is 5.32 Å². The molecule has 1 aliphatic carbocycles. The van der Waals surface area contributed by atoms with E-state index in [1.165, 1.54) is 19.3 Å². The normalized spacial score (nSPS) is 29.5. The first-order chi connectivity index (χ1) is 7.70. The second-order valence-corrected chi connectivity index (χ2v) is 6.86. The van der Waals surface area contributed by atoms with Crippen LogP contribution in [0.4, 0.5) is 0 Å². The predicted octanol–water partition coefficient (Wildman–Crippen LogP) is 0.944. The van der Waals surface area contributed by atoms with Crippen LogP contribution in [0.3, 0.4) is 0 Å². The van der Waals surface area contributed by atoms with Crippen LogP contribution in [0.25, 0.3) is 0 Å². The number of hydrogen-bond acceptors (Lipinski definition) is 3. The molecule has 0 bridgehead atoms. The molecule has 1 heterocycles. The molecule has 5 heteroatoms. The van der Waals surface area contributed by atoms with Crippen LogP contribution in [0.1, 0.15) is 38.5 Å². The van der Waals surface area contributed by atoms with Crippen LogP contribution in [-0.2, 0) is 10.0 Å². The van der Waals surface area contributed by atoms with Gasteiger partial charge in [0.2, 0.25) is 10.0 Å². The van der Waals surface area contributed by atoms with Gasteiger partial charge in [0.15, 0.2) is 0 Å². The van der Waals surface area contributed by atoms with E-state index in [2.05, 4.69) is 5.32 Å². The number of sulfonamides is 1. The Hall–Kier alpha value is -0.130. The minimum Gasteiger partial charge on any atom is -0.316 e. The van der Waals surface area contributed by atoms with Crippen molar-refractivity contribution in [3.8, 4) is 0 Å². The molecule has 0 radical (unpaired) electrons. The second-order valence-electron chi connectivity index (χ2n) is 4.82. The average molecular weight is 246 g/mol. The molecule has 16 heavy (non-hydrogen) atoms. The van der Waals surface area contributed by atoms with Gasteiger partial charge in [-0.25, -0.2) is 8.42 Å². The van der Waals surface area contributed by atoms with E-state index in [1.807, 2.05) is 0 Å². The molecule has 0 aromatic heterocycles. The number of nitrogens with one attached hydrogen (secondary N) is 1. The van der Waals surface area contributed by atoms with Gasteiger partial charge in [0, 0.05) is 19.1 Å². The predicted molar refractivity (Wildman–Crippen MR) is 64.9 cm³/mol. The van der Waals surface area contributed by atoms with Crippen LogP contribution in [0.15, 0.2) is 0 Å². The summed E-state index contributed by atoms with van der Waals surface area (Å²) in [5, 5.41) is 3.16. The molecule has 0 unspecified atom stereocenters. The van der Waals surface area contributed by atoms with Gasteiger partial charge in [0.05, 0.1) is 5.75 Å². The summed E-state index contributed by atoms with van der Waals surface area (Å²) in [6.07, 6.45) is 6.71. The van der Waals surface area contributed by atoms with E-state index >= 15 is 0 Å². The first-order valence-electron chi connectivity index (χ1n) is 6.40. The molecular formula is C11H22N2O2S. The molecule has 2 rings (SSSR count). The van der Waals surface area contributed by atoms with Crippen molar-refractivity contribution in [3.63, 3.8) is 0 Å². The highest BCUT2D eigenvalue weighted by Gasteiger charge is 2.30. The second kappa shape index (κ2) is 5.47.